The van der Waals surface area contributed by atoms with E-state index in [1.54, 1.807) is 18.2 Å². The molecule has 0 aliphatic carbocycles. The van der Waals surface area contributed by atoms with Crippen molar-refractivity contribution in [2.24, 2.45) is 0 Å². The molecule has 2 amide bonds. The summed E-state index contributed by atoms with van der Waals surface area (Å²) in [5.41, 5.74) is 0.687. The summed E-state index contributed by atoms with van der Waals surface area (Å²) in [6.45, 7) is 7.27. The van der Waals surface area contributed by atoms with Crippen LogP contribution in [-0.4, -0.2) is 54.7 Å². The molecule has 0 saturated carbocycles. The first-order valence-corrected chi connectivity index (χ1v) is 8.72. The maximum Gasteiger partial charge on any atom is 0.326 e. The van der Waals surface area contributed by atoms with E-state index >= 15 is 0 Å². The smallest absolute Gasteiger partial charge is 0.326 e. The van der Waals surface area contributed by atoms with Gasteiger partial charge in [-0.1, -0.05) is 24.3 Å². The van der Waals surface area contributed by atoms with Gasteiger partial charge in [0, 0.05) is 18.0 Å². The number of rotatable bonds is 8. The number of amides is 2. The molecular weight excluding hydrogens is 340 g/mol. The number of nitrogens with zero attached hydrogens (tertiary/aromatic N) is 2. The second-order valence-corrected chi connectivity index (χ2v) is 6.29. The Bertz CT molecular complexity index is 679. The Morgan fingerprint density at radius 3 is 2.60 bits per heavy atom. The quantitative estimate of drug-likeness (QED) is 0.523. The van der Waals surface area contributed by atoms with Gasteiger partial charge in [0.15, 0.2) is 6.61 Å². The van der Waals surface area contributed by atoms with Crippen molar-refractivity contribution in [3.63, 3.8) is 0 Å². The summed E-state index contributed by atoms with van der Waals surface area (Å²) in [5, 5.41) is 0. The Morgan fingerprint density at radius 2 is 1.92 bits per heavy atom. The highest BCUT2D eigenvalue weighted by Gasteiger charge is 2.27. The zero-order chi connectivity index (χ0) is 18.2. The van der Waals surface area contributed by atoms with Crippen molar-refractivity contribution in [2.75, 3.05) is 36.9 Å². The second-order valence-electron chi connectivity index (χ2n) is 5.27. The van der Waals surface area contributed by atoms with Crippen molar-refractivity contribution >= 4 is 35.2 Å². The minimum atomic E-state index is -0.624. The third-order valence-corrected chi connectivity index (χ3v) is 4.55. The Balaban J connectivity index is 1.94. The van der Waals surface area contributed by atoms with Crippen LogP contribution in [0.1, 0.15) is 0 Å². The number of ether oxygens (including phenoxy) is 1. The average molecular weight is 360 g/mol. The Hall–Kier alpha value is -2.54. The van der Waals surface area contributed by atoms with Gasteiger partial charge in [-0.05, 0) is 12.1 Å². The minimum absolute atomic E-state index is 0.160. The lowest BCUT2D eigenvalue weighted by molar-refractivity contribution is -0.150. The van der Waals surface area contributed by atoms with Crippen molar-refractivity contribution < 1.29 is 19.1 Å². The van der Waals surface area contributed by atoms with Gasteiger partial charge in [-0.2, -0.15) is 0 Å². The van der Waals surface area contributed by atoms with Gasteiger partial charge in [-0.3, -0.25) is 19.3 Å². The van der Waals surface area contributed by atoms with Crippen molar-refractivity contribution in [3.05, 3.63) is 49.6 Å². The summed E-state index contributed by atoms with van der Waals surface area (Å²) in [6, 6.07) is 7.37. The first-order valence-electron chi connectivity index (χ1n) is 7.74. The molecule has 1 aromatic rings. The lowest BCUT2D eigenvalue weighted by Crippen LogP contribution is -2.41. The molecule has 25 heavy (non-hydrogen) atoms. The fourth-order valence-electron chi connectivity index (χ4n) is 2.33. The molecule has 132 valence electrons. The normalized spacial score (nSPS) is 13.0. The van der Waals surface area contributed by atoms with Crippen LogP contribution in [0.25, 0.3) is 0 Å². The monoisotopic (exact) mass is 360 g/mol. The molecule has 1 aliphatic heterocycles. The zero-order valence-electron chi connectivity index (χ0n) is 13.8. The van der Waals surface area contributed by atoms with Gasteiger partial charge in [0.1, 0.15) is 6.54 Å². The Kier molecular flexibility index (Phi) is 6.82. The van der Waals surface area contributed by atoms with Gasteiger partial charge in [0.2, 0.25) is 5.91 Å². The third-order valence-electron chi connectivity index (χ3n) is 3.50. The highest BCUT2D eigenvalue weighted by molar-refractivity contribution is 8.00. The van der Waals surface area contributed by atoms with E-state index in [1.165, 1.54) is 21.6 Å². The van der Waals surface area contributed by atoms with Gasteiger partial charge in [0.25, 0.3) is 5.91 Å². The van der Waals surface area contributed by atoms with Gasteiger partial charge in [-0.15, -0.1) is 24.9 Å². The molecule has 2 rings (SSSR count). The fraction of sp³-hybridized carbons (Fsp3) is 0.278. The van der Waals surface area contributed by atoms with E-state index in [1.807, 2.05) is 18.2 Å². The number of hydrogen-bond donors (Lipinski definition) is 0. The maximum atomic E-state index is 12.1. The first kappa shape index (κ1) is 18.8. The van der Waals surface area contributed by atoms with E-state index in [-0.39, 0.29) is 30.7 Å². The maximum absolute atomic E-state index is 12.1. The molecule has 0 aromatic heterocycles. The van der Waals surface area contributed by atoms with Crippen LogP contribution in [0, 0.1) is 0 Å². The van der Waals surface area contributed by atoms with Gasteiger partial charge in [0.05, 0.1) is 11.4 Å². The van der Waals surface area contributed by atoms with Crippen LogP contribution >= 0.6 is 11.8 Å². The number of fused-ring (bicyclic) bond motifs is 1. The number of benzene rings is 1. The summed E-state index contributed by atoms with van der Waals surface area (Å²) in [7, 11) is 0. The van der Waals surface area contributed by atoms with E-state index in [4.69, 9.17) is 4.74 Å². The Morgan fingerprint density at radius 1 is 1.24 bits per heavy atom. The summed E-state index contributed by atoms with van der Waals surface area (Å²) >= 11 is 1.44. The fourth-order valence-corrected chi connectivity index (χ4v) is 3.26. The van der Waals surface area contributed by atoms with E-state index in [0.29, 0.717) is 18.8 Å². The first-order chi connectivity index (χ1) is 12.1. The second kappa shape index (κ2) is 9.08. The summed E-state index contributed by atoms with van der Waals surface area (Å²) < 4.78 is 5.04. The summed E-state index contributed by atoms with van der Waals surface area (Å²) in [5.74, 6) is -0.850. The van der Waals surface area contributed by atoms with Crippen molar-refractivity contribution in [1.82, 2.24) is 4.90 Å². The molecule has 6 nitrogen and oxygen atoms in total. The number of anilines is 1. The van der Waals surface area contributed by atoms with E-state index in [0.717, 1.165) is 4.90 Å². The van der Waals surface area contributed by atoms with Crippen molar-refractivity contribution in [3.8, 4) is 0 Å². The molecule has 0 N–H and O–H groups in total. The summed E-state index contributed by atoms with van der Waals surface area (Å²) in [6.07, 6.45) is 3.18. The highest BCUT2D eigenvalue weighted by atomic mass is 32.2. The molecule has 0 bridgehead atoms. The van der Waals surface area contributed by atoms with Crippen molar-refractivity contribution in [2.45, 2.75) is 4.90 Å². The topological polar surface area (TPSA) is 66.9 Å². The number of para-hydroxylation sites is 1. The van der Waals surface area contributed by atoms with Crippen LogP contribution < -0.4 is 4.90 Å². The lowest BCUT2D eigenvalue weighted by Gasteiger charge is -2.28. The van der Waals surface area contributed by atoms with Crippen LogP contribution in [0.5, 0.6) is 0 Å². The number of hydrogen-bond acceptors (Lipinski definition) is 5. The van der Waals surface area contributed by atoms with Gasteiger partial charge >= 0.3 is 5.97 Å². The van der Waals surface area contributed by atoms with Gasteiger partial charge in [-0.25, -0.2) is 0 Å². The predicted octanol–water partition coefficient (Wildman–Crippen LogP) is 1.87. The molecule has 1 aliphatic rings. The Labute approximate surface area is 151 Å². The molecule has 0 unspecified atom stereocenters. The van der Waals surface area contributed by atoms with Crippen molar-refractivity contribution in [1.29, 1.82) is 0 Å². The third kappa shape index (κ3) is 4.96. The SMILES string of the molecule is C=CCN(CC=C)C(=O)COC(=O)CN1C(=O)CSc2ccccc21. The molecule has 0 saturated heterocycles. The van der Waals surface area contributed by atoms with Crippen LogP contribution in [0.2, 0.25) is 0 Å². The van der Waals surface area contributed by atoms with E-state index in [2.05, 4.69) is 13.2 Å². The molecule has 1 aromatic carbocycles. The minimum Gasteiger partial charge on any atom is -0.454 e. The van der Waals surface area contributed by atoms with Crippen LogP contribution in [0.4, 0.5) is 5.69 Å². The zero-order valence-corrected chi connectivity index (χ0v) is 14.7. The number of esters is 1. The molecule has 0 spiro atoms. The highest BCUT2D eigenvalue weighted by Crippen LogP contribution is 2.34. The molecule has 7 heteroatoms. The van der Waals surface area contributed by atoms with E-state index in [9.17, 15) is 14.4 Å². The van der Waals surface area contributed by atoms with Crippen LogP contribution in [0.15, 0.2) is 54.5 Å². The number of carbonyl (C=O) groups is 3. The number of carbonyl (C=O) groups excluding carboxylic acids is 3. The molecule has 0 fully saturated rings. The number of thioether (sulfide) groups is 1. The van der Waals surface area contributed by atoms with E-state index < -0.39 is 5.97 Å². The molecule has 1 heterocycles. The lowest BCUT2D eigenvalue weighted by atomic mass is 10.2. The van der Waals surface area contributed by atoms with Gasteiger partial charge < -0.3 is 9.64 Å². The average Bonchev–Trinajstić information content (AvgIpc) is 2.62. The molecule has 0 radical (unpaired) electrons. The molecular formula is C18H20N2O4S. The standard InChI is InChI=1S/C18H20N2O4S/c1-3-9-19(10-4-2)16(21)12-24-18(23)11-20-14-7-5-6-8-15(14)25-13-17(20)22/h3-8H,1-2,9-13H2. The van der Waals surface area contributed by atoms with Crippen LogP contribution in [-0.2, 0) is 19.1 Å². The summed E-state index contributed by atoms with van der Waals surface area (Å²) in [4.78, 5) is 40.0. The van der Waals surface area contributed by atoms with Crippen LogP contribution in [0.3, 0.4) is 0 Å². The predicted molar refractivity (Wildman–Crippen MR) is 97.5 cm³/mol. The molecule has 0 atom stereocenters. The largest absolute Gasteiger partial charge is 0.454 e.